The zero-order valence-corrected chi connectivity index (χ0v) is 18.1. The molecule has 3 rings (SSSR count). The number of aliphatic hydroxyl groups excluding tert-OH is 1. The highest BCUT2D eigenvalue weighted by Gasteiger charge is 2.25. The van der Waals surface area contributed by atoms with Crippen LogP contribution in [-0.4, -0.2) is 31.6 Å². The Kier molecular flexibility index (Phi) is 6.32. The molecule has 1 unspecified atom stereocenters. The summed E-state index contributed by atoms with van der Waals surface area (Å²) in [6, 6.07) is 4.89. The van der Waals surface area contributed by atoms with Gasteiger partial charge in [-0.2, -0.15) is 0 Å². The van der Waals surface area contributed by atoms with E-state index in [1.54, 1.807) is 6.92 Å². The molecule has 5 N–H and O–H groups in total. The minimum absolute atomic E-state index is 0.0168. The Bertz CT molecular complexity index is 1290. The van der Waals surface area contributed by atoms with Crippen LogP contribution in [0.4, 0.5) is 0 Å². The van der Waals surface area contributed by atoms with Crippen molar-refractivity contribution in [3.8, 4) is 34.3 Å². The Balaban J connectivity index is 2.45. The molecule has 7 nitrogen and oxygen atoms in total. The average Bonchev–Trinajstić information content (AvgIpc) is 2.69. The van der Waals surface area contributed by atoms with E-state index in [9.17, 15) is 30.3 Å². The largest absolute Gasteiger partial charge is 0.508 e. The summed E-state index contributed by atoms with van der Waals surface area (Å²) in [6.07, 6.45) is 0.829. The minimum Gasteiger partial charge on any atom is -0.508 e. The van der Waals surface area contributed by atoms with Crippen LogP contribution in [0.3, 0.4) is 0 Å². The van der Waals surface area contributed by atoms with E-state index in [1.807, 2.05) is 19.9 Å². The molecule has 0 saturated carbocycles. The first kappa shape index (κ1) is 23.0. The third-order valence-corrected chi connectivity index (χ3v) is 5.23. The molecule has 0 aliphatic heterocycles. The predicted molar refractivity (Wildman–Crippen MR) is 122 cm³/mol. The molecule has 168 valence electrons. The van der Waals surface area contributed by atoms with Crippen molar-refractivity contribution in [2.24, 2.45) is 0 Å². The average molecular weight is 438 g/mol. The van der Waals surface area contributed by atoms with E-state index in [-0.39, 0.29) is 57.9 Å². The SMILES string of the molecule is C=C(C)C(O)Cc1c(-c2ccc(O)cc2O)oc2c(CC=C(C)C)c(O)cc(O)c2c1=O. The molecule has 1 aromatic heterocycles. The number of phenolic OH excluding ortho intramolecular Hbond substituents is 4. The molecular formula is C25H26O7. The molecule has 1 heterocycles. The summed E-state index contributed by atoms with van der Waals surface area (Å²) in [6.45, 7) is 9.08. The maximum absolute atomic E-state index is 13.5. The molecule has 0 aliphatic carbocycles. The van der Waals surface area contributed by atoms with Crippen LogP contribution < -0.4 is 5.43 Å². The van der Waals surface area contributed by atoms with Crippen molar-refractivity contribution in [1.82, 2.24) is 0 Å². The van der Waals surface area contributed by atoms with E-state index in [4.69, 9.17) is 4.42 Å². The van der Waals surface area contributed by atoms with E-state index in [0.29, 0.717) is 11.1 Å². The van der Waals surface area contributed by atoms with Gasteiger partial charge in [-0.15, -0.1) is 0 Å². The summed E-state index contributed by atoms with van der Waals surface area (Å²) in [7, 11) is 0. The van der Waals surface area contributed by atoms with Crippen molar-refractivity contribution in [1.29, 1.82) is 0 Å². The highest BCUT2D eigenvalue weighted by molar-refractivity contribution is 5.90. The standard InChI is InChI=1S/C25H26O7/c1-12(2)5-7-16-20(29)11-21(30)22-23(31)17(10-18(27)13(3)4)24(32-25(16)22)15-8-6-14(26)9-19(15)28/h5-6,8-9,11,18,26-30H,3,7,10H2,1-2,4H3. The van der Waals surface area contributed by atoms with Crippen molar-refractivity contribution >= 4 is 11.0 Å². The monoisotopic (exact) mass is 438 g/mol. The minimum atomic E-state index is -1.07. The number of fused-ring (bicyclic) bond motifs is 1. The molecule has 0 radical (unpaired) electrons. The lowest BCUT2D eigenvalue weighted by molar-refractivity contribution is 0.211. The predicted octanol–water partition coefficient (Wildman–Crippen LogP) is 4.27. The molecule has 0 spiro atoms. The second-order valence-corrected chi connectivity index (χ2v) is 8.09. The van der Waals surface area contributed by atoms with E-state index >= 15 is 0 Å². The smallest absolute Gasteiger partial charge is 0.200 e. The van der Waals surface area contributed by atoms with Gasteiger partial charge in [-0.3, -0.25) is 4.79 Å². The Hall–Kier alpha value is -3.71. The Labute approximate surface area is 184 Å². The van der Waals surface area contributed by atoms with Crippen LogP contribution in [0.25, 0.3) is 22.3 Å². The summed E-state index contributed by atoms with van der Waals surface area (Å²) in [5.41, 5.74) is 1.19. The number of hydrogen-bond acceptors (Lipinski definition) is 7. The zero-order chi connectivity index (χ0) is 23.7. The number of benzene rings is 2. The van der Waals surface area contributed by atoms with E-state index in [1.165, 1.54) is 12.1 Å². The highest BCUT2D eigenvalue weighted by Crippen LogP contribution is 2.40. The fourth-order valence-electron chi connectivity index (χ4n) is 3.41. The van der Waals surface area contributed by atoms with Gasteiger partial charge in [-0.05, 0) is 39.3 Å². The second-order valence-electron chi connectivity index (χ2n) is 8.09. The first-order chi connectivity index (χ1) is 15.0. The summed E-state index contributed by atoms with van der Waals surface area (Å²) in [5.74, 6) is -1.26. The van der Waals surface area contributed by atoms with Crippen molar-refractivity contribution in [2.75, 3.05) is 0 Å². The molecule has 0 saturated heterocycles. The van der Waals surface area contributed by atoms with Gasteiger partial charge in [0.25, 0.3) is 0 Å². The quantitative estimate of drug-likeness (QED) is 0.363. The van der Waals surface area contributed by atoms with E-state index < -0.39 is 17.3 Å². The van der Waals surface area contributed by atoms with Crippen LogP contribution >= 0.6 is 0 Å². The van der Waals surface area contributed by atoms with Gasteiger partial charge >= 0.3 is 0 Å². The molecule has 0 amide bonds. The number of aromatic hydroxyl groups is 4. The lowest BCUT2D eigenvalue weighted by Gasteiger charge is -2.17. The maximum Gasteiger partial charge on any atom is 0.200 e. The summed E-state index contributed by atoms with van der Waals surface area (Å²) in [4.78, 5) is 13.5. The number of phenols is 4. The first-order valence-corrected chi connectivity index (χ1v) is 10.0. The Morgan fingerprint density at radius 2 is 1.72 bits per heavy atom. The van der Waals surface area contributed by atoms with Crippen LogP contribution in [0.2, 0.25) is 0 Å². The maximum atomic E-state index is 13.5. The molecule has 7 heteroatoms. The molecular weight excluding hydrogens is 412 g/mol. The topological polar surface area (TPSA) is 131 Å². The summed E-state index contributed by atoms with van der Waals surface area (Å²) >= 11 is 0. The molecule has 0 aliphatic rings. The van der Waals surface area contributed by atoms with Gasteiger partial charge in [-0.25, -0.2) is 0 Å². The first-order valence-electron chi connectivity index (χ1n) is 10.0. The lowest BCUT2D eigenvalue weighted by atomic mass is 9.95. The molecule has 1 atom stereocenters. The Morgan fingerprint density at radius 3 is 2.31 bits per heavy atom. The molecule has 0 fully saturated rings. The van der Waals surface area contributed by atoms with Crippen molar-refractivity contribution in [2.45, 2.75) is 39.7 Å². The molecule has 3 aromatic rings. The second kappa shape index (κ2) is 8.80. The van der Waals surface area contributed by atoms with Crippen LogP contribution in [-0.2, 0) is 12.8 Å². The fraction of sp³-hybridized carbons (Fsp3) is 0.240. The molecule has 0 bridgehead atoms. The van der Waals surface area contributed by atoms with Gasteiger partial charge in [0.15, 0.2) is 5.43 Å². The lowest BCUT2D eigenvalue weighted by Crippen LogP contribution is -2.20. The van der Waals surface area contributed by atoms with Crippen LogP contribution in [0.5, 0.6) is 23.0 Å². The van der Waals surface area contributed by atoms with Gasteiger partial charge in [0.1, 0.15) is 39.7 Å². The fourth-order valence-corrected chi connectivity index (χ4v) is 3.41. The zero-order valence-electron chi connectivity index (χ0n) is 18.1. The van der Waals surface area contributed by atoms with Gasteiger partial charge < -0.3 is 29.9 Å². The number of allylic oxidation sites excluding steroid dienone is 2. The normalized spacial score (nSPS) is 12.0. The highest BCUT2D eigenvalue weighted by atomic mass is 16.3. The molecule has 2 aromatic carbocycles. The van der Waals surface area contributed by atoms with Crippen molar-refractivity contribution in [3.05, 3.63) is 69.4 Å². The van der Waals surface area contributed by atoms with Gasteiger partial charge in [0, 0.05) is 29.7 Å². The third kappa shape index (κ3) is 4.33. The number of aliphatic hydroxyl groups is 1. The van der Waals surface area contributed by atoms with Gasteiger partial charge in [-0.1, -0.05) is 23.8 Å². The van der Waals surface area contributed by atoms with Gasteiger partial charge in [0.05, 0.1) is 11.7 Å². The van der Waals surface area contributed by atoms with Gasteiger partial charge in [0.2, 0.25) is 0 Å². The van der Waals surface area contributed by atoms with Crippen LogP contribution in [0, 0.1) is 0 Å². The Morgan fingerprint density at radius 1 is 1.03 bits per heavy atom. The summed E-state index contributed by atoms with van der Waals surface area (Å²) < 4.78 is 6.05. The van der Waals surface area contributed by atoms with Crippen LogP contribution in [0.15, 0.2) is 57.3 Å². The summed E-state index contributed by atoms with van der Waals surface area (Å²) in [5, 5.41) is 51.2. The number of hydrogen-bond donors (Lipinski definition) is 5. The molecule has 32 heavy (non-hydrogen) atoms. The third-order valence-electron chi connectivity index (χ3n) is 5.23. The van der Waals surface area contributed by atoms with Crippen molar-refractivity contribution < 1.29 is 29.9 Å². The van der Waals surface area contributed by atoms with E-state index in [2.05, 4.69) is 6.58 Å². The van der Waals surface area contributed by atoms with E-state index in [0.717, 1.165) is 17.7 Å². The van der Waals surface area contributed by atoms with Crippen molar-refractivity contribution in [3.63, 3.8) is 0 Å². The van der Waals surface area contributed by atoms with Crippen LogP contribution in [0.1, 0.15) is 31.9 Å². The number of rotatable bonds is 6.